The highest BCUT2D eigenvalue weighted by molar-refractivity contribution is 5.82. The number of H-pyrrole nitrogens is 1. The van der Waals surface area contributed by atoms with Crippen molar-refractivity contribution in [1.29, 1.82) is 0 Å². The maximum Gasteiger partial charge on any atom is 0.256 e. The summed E-state index contributed by atoms with van der Waals surface area (Å²) in [5.74, 6) is 0. The quantitative estimate of drug-likeness (QED) is 0.871. The third-order valence-corrected chi connectivity index (χ3v) is 3.64. The van der Waals surface area contributed by atoms with E-state index in [4.69, 9.17) is 0 Å². The highest BCUT2D eigenvalue weighted by atomic mass is 16.1. The van der Waals surface area contributed by atoms with Gasteiger partial charge in [0, 0.05) is 11.1 Å². The molecular formula is C16H21NO. The van der Waals surface area contributed by atoms with Gasteiger partial charge >= 0.3 is 0 Å². The molecule has 1 N–H and O–H groups in total. The molecule has 0 spiro atoms. The molecule has 1 aromatic carbocycles. The molecule has 0 unspecified atom stereocenters. The fourth-order valence-corrected chi connectivity index (χ4v) is 2.59. The van der Waals surface area contributed by atoms with Gasteiger partial charge in [-0.3, -0.25) is 4.79 Å². The second-order valence-electron chi connectivity index (χ2n) is 5.72. The summed E-state index contributed by atoms with van der Waals surface area (Å²) < 4.78 is 0. The van der Waals surface area contributed by atoms with Crippen LogP contribution in [0.25, 0.3) is 10.8 Å². The molecular weight excluding hydrogens is 222 g/mol. The number of pyridine rings is 1. The van der Waals surface area contributed by atoms with Crippen molar-refractivity contribution < 1.29 is 0 Å². The normalized spacial score (nSPS) is 12.0. The Labute approximate surface area is 108 Å². The standard InChI is InChI=1S/C16H21NO/c1-5-8-16(3,4)13-6-7-14-12(10-13)9-11(2)17-15(14)18/h6-7,9-10H,5,8H2,1-4H3,(H,17,18). The van der Waals surface area contributed by atoms with Crippen molar-refractivity contribution >= 4 is 10.8 Å². The van der Waals surface area contributed by atoms with Crippen LogP contribution in [0.2, 0.25) is 0 Å². The molecule has 0 bridgehead atoms. The van der Waals surface area contributed by atoms with Crippen LogP contribution in [0.5, 0.6) is 0 Å². The Kier molecular flexibility index (Phi) is 3.29. The van der Waals surface area contributed by atoms with Crippen LogP contribution in [0.3, 0.4) is 0 Å². The van der Waals surface area contributed by atoms with Crippen LogP contribution in [-0.4, -0.2) is 4.98 Å². The van der Waals surface area contributed by atoms with Gasteiger partial charge in [-0.05, 0) is 41.8 Å². The molecule has 0 aliphatic rings. The van der Waals surface area contributed by atoms with E-state index in [1.165, 1.54) is 12.0 Å². The van der Waals surface area contributed by atoms with Crippen molar-refractivity contribution in [3.63, 3.8) is 0 Å². The molecule has 0 radical (unpaired) electrons. The minimum Gasteiger partial charge on any atom is -0.326 e. The maximum absolute atomic E-state index is 11.8. The molecule has 2 heteroatoms. The van der Waals surface area contributed by atoms with Crippen LogP contribution < -0.4 is 5.56 Å². The first-order valence-electron chi connectivity index (χ1n) is 6.58. The van der Waals surface area contributed by atoms with Gasteiger partial charge in [-0.15, -0.1) is 0 Å². The van der Waals surface area contributed by atoms with E-state index in [0.29, 0.717) is 0 Å². The van der Waals surface area contributed by atoms with Gasteiger partial charge < -0.3 is 4.98 Å². The summed E-state index contributed by atoms with van der Waals surface area (Å²) >= 11 is 0. The fraction of sp³-hybridized carbons (Fsp3) is 0.438. The Morgan fingerprint density at radius 3 is 2.61 bits per heavy atom. The number of aromatic amines is 1. The van der Waals surface area contributed by atoms with Crippen molar-refractivity contribution in [2.75, 3.05) is 0 Å². The van der Waals surface area contributed by atoms with Crippen molar-refractivity contribution in [2.24, 2.45) is 0 Å². The van der Waals surface area contributed by atoms with Crippen LogP contribution in [-0.2, 0) is 5.41 Å². The first kappa shape index (κ1) is 12.9. The summed E-state index contributed by atoms with van der Waals surface area (Å²) in [7, 11) is 0. The van der Waals surface area contributed by atoms with E-state index in [9.17, 15) is 4.79 Å². The number of aromatic nitrogens is 1. The number of nitrogens with one attached hydrogen (secondary N) is 1. The topological polar surface area (TPSA) is 32.9 Å². The number of fused-ring (bicyclic) bond motifs is 1. The molecule has 0 saturated heterocycles. The van der Waals surface area contributed by atoms with Crippen molar-refractivity contribution in [2.45, 2.75) is 46.0 Å². The smallest absolute Gasteiger partial charge is 0.256 e. The first-order valence-corrected chi connectivity index (χ1v) is 6.58. The van der Waals surface area contributed by atoms with Gasteiger partial charge in [0.25, 0.3) is 5.56 Å². The third-order valence-electron chi connectivity index (χ3n) is 3.64. The van der Waals surface area contributed by atoms with Gasteiger partial charge in [0.15, 0.2) is 0 Å². The number of hydrogen-bond donors (Lipinski definition) is 1. The Morgan fingerprint density at radius 2 is 1.94 bits per heavy atom. The minimum absolute atomic E-state index is 0.00449. The molecule has 18 heavy (non-hydrogen) atoms. The average molecular weight is 243 g/mol. The predicted molar refractivity (Wildman–Crippen MR) is 77.2 cm³/mol. The summed E-state index contributed by atoms with van der Waals surface area (Å²) in [5.41, 5.74) is 2.39. The van der Waals surface area contributed by atoms with Crippen LogP contribution in [0.1, 0.15) is 44.9 Å². The van der Waals surface area contributed by atoms with E-state index in [1.807, 2.05) is 19.1 Å². The lowest BCUT2D eigenvalue weighted by atomic mass is 9.80. The highest BCUT2D eigenvalue weighted by Gasteiger charge is 2.19. The van der Waals surface area contributed by atoms with Gasteiger partial charge in [-0.2, -0.15) is 0 Å². The number of hydrogen-bond acceptors (Lipinski definition) is 1. The Hall–Kier alpha value is -1.57. The minimum atomic E-state index is 0.00449. The zero-order valence-corrected chi connectivity index (χ0v) is 11.6. The fourth-order valence-electron chi connectivity index (χ4n) is 2.59. The van der Waals surface area contributed by atoms with Gasteiger partial charge in [-0.1, -0.05) is 39.3 Å². The van der Waals surface area contributed by atoms with Crippen LogP contribution >= 0.6 is 0 Å². The molecule has 2 rings (SSSR count). The second-order valence-corrected chi connectivity index (χ2v) is 5.72. The van der Waals surface area contributed by atoms with Crippen LogP contribution in [0.15, 0.2) is 29.1 Å². The van der Waals surface area contributed by atoms with E-state index in [2.05, 4.69) is 37.9 Å². The Bertz CT molecular complexity index is 623. The molecule has 0 atom stereocenters. The van der Waals surface area contributed by atoms with E-state index in [0.717, 1.165) is 22.9 Å². The molecule has 2 nitrogen and oxygen atoms in total. The largest absolute Gasteiger partial charge is 0.326 e. The van der Waals surface area contributed by atoms with Gasteiger partial charge in [0.05, 0.1) is 0 Å². The lowest BCUT2D eigenvalue weighted by Crippen LogP contribution is -2.17. The molecule has 0 fully saturated rings. The zero-order chi connectivity index (χ0) is 13.3. The number of aryl methyl sites for hydroxylation is 1. The maximum atomic E-state index is 11.8. The van der Waals surface area contributed by atoms with E-state index in [1.54, 1.807) is 0 Å². The van der Waals surface area contributed by atoms with Crippen molar-refractivity contribution in [3.05, 3.63) is 45.9 Å². The van der Waals surface area contributed by atoms with Crippen LogP contribution in [0.4, 0.5) is 0 Å². The second kappa shape index (κ2) is 4.60. The SMILES string of the molecule is CCCC(C)(C)c1ccc2c(=O)[nH]c(C)cc2c1. The lowest BCUT2D eigenvalue weighted by molar-refractivity contribution is 0.473. The van der Waals surface area contributed by atoms with Crippen LogP contribution in [0, 0.1) is 6.92 Å². The van der Waals surface area contributed by atoms with Gasteiger partial charge in [0.2, 0.25) is 0 Å². The van der Waals surface area contributed by atoms with Gasteiger partial charge in [-0.25, -0.2) is 0 Å². The summed E-state index contributed by atoms with van der Waals surface area (Å²) in [4.78, 5) is 14.7. The van der Waals surface area contributed by atoms with Crippen molar-refractivity contribution in [3.8, 4) is 0 Å². The molecule has 1 aromatic heterocycles. The van der Waals surface area contributed by atoms with E-state index >= 15 is 0 Å². The number of rotatable bonds is 3. The molecule has 0 saturated carbocycles. The molecule has 0 aliphatic heterocycles. The van der Waals surface area contributed by atoms with Crippen molar-refractivity contribution in [1.82, 2.24) is 4.98 Å². The summed E-state index contributed by atoms with van der Waals surface area (Å²) in [6.07, 6.45) is 2.32. The molecule has 0 amide bonds. The summed E-state index contributed by atoms with van der Waals surface area (Å²) in [6, 6.07) is 8.23. The highest BCUT2D eigenvalue weighted by Crippen LogP contribution is 2.30. The molecule has 0 aliphatic carbocycles. The summed E-state index contributed by atoms with van der Waals surface area (Å²) in [5, 5.41) is 1.81. The average Bonchev–Trinajstić information content (AvgIpc) is 2.27. The molecule has 2 aromatic rings. The van der Waals surface area contributed by atoms with E-state index < -0.39 is 0 Å². The monoisotopic (exact) mass is 243 g/mol. The lowest BCUT2D eigenvalue weighted by Gasteiger charge is -2.25. The number of benzene rings is 1. The Balaban J connectivity index is 2.60. The molecule has 1 heterocycles. The summed E-state index contributed by atoms with van der Waals surface area (Å²) in [6.45, 7) is 8.65. The first-order chi connectivity index (χ1) is 8.44. The Morgan fingerprint density at radius 1 is 1.22 bits per heavy atom. The predicted octanol–water partition coefficient (Wildman–Crippen LogP) is 3.91. The third kappa shape index (κ3) is 2.33. The zero-order valence-electron chi connectivity index (χ0n) is 11.6. The van der Waals surface area contributed by atoms with E-state index in [-0.39, 0.29) is 11.0 Å². The molecule has 96 valence electrons. The van der Waals surface area contributed by atoms with Gasteiger partial charge in [0.1, 0.15) is 0 Å².